The van der Waals surface area contributed by atoms with Crippen molar-refractivity contribution >= 4 is 39.4 Å². The molecule has 6 nitrogen and oxygen atoms in total. The van der Waals surface area contributed by atoms with Crippen LogP contribution in [0.3, 0.4) is 0 Å². The zero-order valence-corrected chi connectivity index (χ0v) is 12.2. The Balaban J connectivity index is 1.52. The van der Waals surface area contributed by atoms with Gasteiger partial charge in [0.15, 0.2) is 5.82 Å². The fourth-order valence-electron chi connectivity index (χ4n) is 2.61. The lowest BCUT2D eigenvalue weighted by molar-refractivity contribution is -0.119. The van der Waals surface area contributed by atoms with Gasteiger partial charge in [-0.25, -0.2) is 4.79 Å². The van der Waals surface area contributed by atoms with E-state index in [9.17, 15) is 9.59 Å². The molecule has 110 valence electrons. The molecule has 1 heterocycles. The number of amides is 3. The molecule has 0 radical (unpaired) electrons. The predicted octanol–water partition coefficient (Wildman–Crippen LogP) is 2.07. The molecule has 1 aromatic heterocycles. The molecule has 2 aromatic rings. The average Bonchev–Trinajstić information content (AvgIpc) is 2.79. The van der Waals surface area contributed by atoms with Crippen molar-refractivity contribution in [1.29, 1.82) is 0 Å². The Morgan fingerprint density at radius 1 is 1.33 bits per heavy atom. The van der Waals surface area contributed by atoms with Crippen LogP contribution in [0.5, 0.6) is 0 Å². The van der Waals surface area contributed by atoms with Gasteiger partial charge in [-0.2, -0.15) is 4.37 Å². The van der Waals surface area contributed by atoms with E-state index in [4.69, 9.17) is 5.73 Å². The zero-order valence-electron chi connectivity index (χ0n) is 11.3. The smallest absolute Gasteiger partial charge is 0.320 e. The van der Waals surface area contributed by atoms with Crippen LogP contribution in [-0.4, -0.2) is 22.4 Å². The largest absolute Gasteiger partial charge is 0.370 e. The van der Waals surface area contributed by atoms with Gasteiger partial charge < -0.3 is 11.1 Å². The number of hydrogen-bond donors (Lipinski definition) is 3. The second-order valence-electron chi connectivity index (χ2n) is 5.33. The molecular weight excluding hydrogens is 288 g/mol. The molecular formula is C14H16N4O2S. The van der Waals surface area contributed by atoms with Crippen molar-refractivity contribution in [3.8, 4) is 0 Å². The lowest BCUT2D eigenvalue weighted by Crippen LogP contribution is -2.46. The summed E-state index contributed by atoms with van der Waals surface area (Å²) in [5.41, 5.74) is 5.15. The summed E-state index contributed by atoms with van der Waals surface area (Å²) in [4.78, 5) is 22.7. The Kier molecular flexibility index (Phi) is 3.74. The molecule has 0 bridgehead atoms. The summed E-state index contributed by atoms with van der Waals surface area (Å²) in [5, 5.41) is 6.60. The summed E-state index contributed by atoms with van der Waals surface area (Å²) >= 11 is 1.36. The number of aromatic nitrogens is 1. The van der Waals surface area contributed by atoms with Crippen LogP contribution in [0.15, 0.2) is 24.3 Å². The van der Waals surface area contributed by atoms with Crippen LogP contribution >= 0.6 is 11.5 Å². The molecule has 1 saturated carbocycles. The number of carbonyl (C=O) groups excluding carboxylic acids is 2. The highest BCUT2D eigenvalue weighted by atomic mass is 32.1. The normalized spacial score (nSPS) is 20.8. The number of nitrogens with one attached hydrogen (secondary N) is 2. The molecule has 1 aromatic carbocycles. The maximum absolute atomic E-state index is 11.9. The third kappa shape index (κ3) is 3.13. The number of rotatable bonds is 4. The molecule has 0 spiro atoms. The van der Waals surface area contributed by atoms with Crippen molar-refractivity contribution in [2.45, 2.75) is 25.3 Å². The minimum absolute atomic E-state index is 0.110. The first-order chi connectivity index (χ1) is 10.1. The van der Waals surface area contributed by atoms with Gasteiger partial charge in [0.05, 0.1) is 4.70 Å². The number of hydrogen-bond acceptors (Lipinski definition) is 4. The molecule has 0 atom stereocenters. The van der Waals surface area contributed by atoms with Crippen molar-refractivity contribution in [2.24, 2.45) is 11.7 Å². The van der Waals surface area contributed by atoms with Crippen LogP contribution < -0.4 is 16.4 Å². The Morgan fingerprint density at radius 3 is 2.86 bits per heavy atom. The van der Waals surface area contributed by atoms with E-state index < -0.39 is 0 Å². The second-order valence-corrected chi connectivity index (χ2v) is 6.14. The number of carbonyl (C=O) groups is 2. The van der Waals surface area contributed by atoms with Crippen molar-refractivity contribution in [2.75, 3.05) is 5.32 Å². The Labute approximate surface area is 125 Å². The molecule has 1 aliphatic carbocycles. The van der Waals surface area contributed by atoms with E-state index in [0.29, 0.717) is 18.2 Å². The number of anilines is 1. The molecule has 7 heteroatoms. The standard InChI is InChI=1S/C14H16N4O2S/c15-12(19)7-8-5-9(6-8)16-14(20)17-13-10-3-1-2-4-11(10)21-18-13/h1-4,8-9H,5-7H2,(H2,15,19)(H2,16,17,18,20). The van der Waals surface area contributed by atoms with Gasteiger partial charge in [0, 0.05) is 17.8 Å². The van der Waals surface area contributed by atoms with Gasteiger partial charge in [0.1, 0.15) is 0 Å². The number of nitrogens with zero attached hydrogens (tertiary/aromatic N) is 1. The van der Waals surface area contributed by atoms with Crippen LogP contribution in [0.1, 0.15) is 19.3 Å². The van der Waals surface area contributed by atoms with Gasteiger partial charge in [-0.1, -0.05) is 12.1 Å². The van der Waals surface area contributed by atoms with Gasteiger partial charge in [0.25, 0.3) is 0 Å². The summed E-state index contributed by atoms with van der Waals surface area (Å²) < 4.78 is 5.29. The number of benzene rings is 1. The van der Waals surface area contributed by atoms with Crippen LogP contribution in [0, 0.1) is 5.92 Å². The highest BCUT2D eigenvalue weighted by Gasteiger charge is 2.31. The molecule has 21 heavy (non-hydrogen) atoms. The fourth-order valence-corrected chi connectivity index (χ4v) is 3.35. The SMILES string of the molecule is NC(=O)CC1CC(NC(=O)Nc2nsc3ccccc23)C1. The maximum Gasteiger partial charge on any atom is 0.320 e. The van der Waals surface area contributed by atoms with Crippen LogP contribution in [-0.2, 0) is 4.79 Å². The van der Waals surface area contributed by atoms with Crippen molar-refractivity contribution in [3.63, 3.8) is 0 Å². The molecule has 1 aliphatic rings. The molecule has 0 aliphatic heterocycles. The van der Waals surface area contributed by atoms with Crippen LogP contribution in [0.2, 0.25) is 0 Å². The fraction of sp³-hybridized carbons (Fsp3) is 0.357. The third-order valence-corrected chi connectivity index (χ3v) is 4.50. The van der Waals surface area contributed by atoms with E-state index in [-0.39, 0.29) is 18.0 Å². The Bertz CT molecular complexity index is 678. The summed E-state index contributed by atoms with van der Waals surface area (Å²) in [6, 6.07) is 7.61. The number of fused-ring (bicyclic) bond motifs is 1. The van der Waals surface area contributed by atoms with Gasteiger partial charge in [-0.05, 0) is 42.4 Å². The topological polar surface area (TPSA) is 97.1 Å². The molecule has 3 amide bonds. The van der Waals surface area contributed by atoms with E-state index >= 15 is 0 Å². The minimum atomic E-state index is -0.281. The molecule has 4 N–H and O–H groups in total. The minimum Gasteiger partial charge on any atom is -0.370 e. The first-order valence-corrected chi connectivity index (χ1v) is 7.59. The first-order valence-electron chi connectivity index (χ1n) is 6.82. The summed E-state index contributed by atoms with van der Waals surface area (Å²) in [6.45, 7) is 0. The van der Waals surface area contributed by atoms with E-state index in [2.05, 4.69) is 15.0 Å². The highest BCUT2D eigenvalue weighted by molar-refractivity contribution is 7.13. The van der Waals surface area contributed by atoms with E-state index in [1.54, 1.807) is 0 Å². The third-order valence-electron chi connectivity index (χ3n) is 3.67. The van der Waals surface area contributed by atoms with E-state index in [1.807, 2.05) is 24.3 Å². The van der Waals surface area contributed by atoms with Crippen LogP contribution in [0.25, 0.3) is 10.1 Å². The van der Waals surface area contributed by atoms with Gasteiger partial charge in [0.2, 0.25) is 5.91 Å². The number of nitrogens with two attached hydrogens (primary N) is 1. The van der Waals surface area contributed by atoms with Crippen molar-refractivity contribution in [3.05, 3.63) is 24.3 Å². The zero-order chi connectivity index (χ0) is 14.8. The molecule has 0 unspecified atom stereocenters. The molecule has 3 rings (SSSR count). The lowest BCUT2D eigenvalue weighted by Gasteiger charge is -2.34. The lowest BCUT2D eigenvalue weighted by atomic mass is 9.78. The monoisotopic (exact) mass is 304 g/mol. The van der Waals surface area contributed by atoms with Gasteiger partial charge in [-0.3, -0.25) is 10.1 Å². The molecule has 1 fully saturated rings. The summed E-state index contributed by atoms with van der Waals surface area (Å²) in [6.07, 6.45) is 2.00. The summed E-state index contributed by atoms with van der Waals surface area (Å²) in [7, 11) is 0. The van der Waals surface area contributed by atoms with Gasteiger partial charge >= 0.3 is 6.03 Å². The van der Waals surface area contributed by atoms with E-state index in [0.717, 1.165) is 22.9 Å². The van der Waals surface area contributed by atoms with Crippen LogP contribution in [0.4, 0.5) is 10.6 Å². The maximum atomic E-state index is 11.9. The average molecular weight is 304 g/mol. The first kappa shape index (κ1) is 13.8. The van der Waals surface area contributed by atoms with Gasteiger partial charge in [-0.15, -0.1) is 0 Å². The van der Waals surface area contributed by atoms with E-state index in [1.165, 1.54) is 11.5 Å². The Morgan fingerprint density at radius 2 is 2.10 bits per heavy atom. The van der Waals surface area contributed by atoms with Crippen molar-refractivity contribution < 1.29 is 9.59 Å². The highest BCUT2D eigenvalue weighted by Crippen LogP contribution is 2.30. The predicted molar refractivity (Wildman–Crippen MR) is 82.1 cm³/mol. The number of urea groups is 1. The molecule has 0 saturated heterocycles. The quantitative estimate of drug-likeness (QED) is 0.806. The Hall–Kier alpha value is -2.15. The number of primary amides is 1. The van der Waals surface area contributed by atoms with Crippen molar-refractivity contribution in [1.82, 2.24) is 9.69 Å². The summed E-state index contributed by atoms with van der Waals surface area (Å²) in [5.74, 6) is 0.603. The second kappa shape index (κ2) is 5.69.